The Bertz CT molecular complexity index is 1280. The van der Waals surface area contributed by atoms with Crippen LogP contribution in [0.15, 0.2) is 46.4 Å². The van der Waals surface area contributed by atoms with Crippen LogP contribution in [0, 0.1) is 0 Å². The molecule has 1 aromatic carbocycles. The number of pyridine rings is 1. The Balaban J connectivity index is 2.13. The maximum atomic E-state index is 14.1. The molecule has 1 aromatic heterocycles. The first kappa shape index (κ1) is 25.7. The maximum Gasteiger partial charge on any atom is 0.417 e. The smallest absolute Gasteiger partial charge is 0.417 e. The van der Waals surface area contributed by atoms with Crippen molar-refractivity contribution in [2.45, 2.75) is 35.8 Å². The van der Waals surface area contributed by atoms with Crippen LogP contribution >= 0.6 is 11.6 Å². The number of amides is 1. The zero-order chi connectivity index (χ0) is 25.7. The first-order chi connectivity index (χ1) is 15.4. The van der Waals surface area contributed by atoms with E-state index in [0.29, 0.717) is 13.0 Å². The number of amidine groups is 1. The normalized spacial score (nSPS) is 21.6. The van der Waals surface area contributed by atoms with Crippen LogP contribution < -0.4 is 10.1 Å². The third-order valence-corrected chi connectivity index (χ3v) is 6.26. The number of alkyl halides is 6. The number of nitrogens with zero attached hydrogens (tertiary/aromatic N) is 2. The lowest BCUT2D eigenvalue weighted by Gasteiger charge is -2.38. The average Bonchev–Trinajstić information content (AvgIpc) is 2.69. The summed E-state index contributed by atoms with van der Waals surface area (Å²) in [5.74, 6) is -2.95. The highest BCUT2D eigenvalue weighted by molar-refractivity contribution is 7.90. The minimum Gasteiger partial charge on any atom is -0.478 e. The molecule has 3 rings (SSSR count). The summed E-state index contributed by atoms with van der Waals surface area (Å²) in [6.45, 7) is 0.486. The molecule has 0 aliphatic carbocycles. The lowest BCUT2D eigenvalue weighted by Crippen LogP contribution is -2.64. The van der Waals surface area contributed by atoms with E-state index in [1.165, 1.54) is 6.07 Å². The fourth-order valence-corrected chi connectivity index (χ4v) is 4.10. The average molecular weight is 530 g/mol. The Morgan fingerprint density at radius 3 is 2.35 bits per heavy atom. The van der Waals surface area contributed by atoms with E-state index in [0.717, 1.165) is 30.7 Å². The van der Waals surface area contributed by atoms with Crippen LogP contribution in [-0.2, 0) is 20.8 Å². The highest BCUT2D eigenvalue weighted by Crippen LogP contribution is 2.42. The standard InChI is InChI=1S/C19H14ClF6N3O4S/c1-17(19(24,25)26)14(33-9-5-6-11(20)10(8-9)18(21,22)23)16(30)28-15(29-17)13-12(34(2,31)32)4-3-7-27-13/h3-8,14H,1-2H3,(H,28,29,30). The fourth-order valence-electron chi connectivity index (χ4n) is 3.05. The molecule has 1 aliphatic heterocycles. The van der Waals surface area contributed by atoms with Gasteiger partial charge < -0.3 is 10.1 Å². The molecule has 2 aromatic rings. The number of hydrogen-bond acceptors (Lipinski definition) is 6. The molecule has 0 radical (unpaired) electrons. The van der Waals surface area contributed by atoms with Gasteiger partial charge in [0.05, 0.1) is 15.5 Å². The second-order valence-electron chi connectivity index (χ2n) is 7.35. The number of ether oxygens (including phenoxy) is 1. The number of aliphatic imine (C=N–C) groups is 1. The molecule has 7 nitrogen and oxygen atoms in total. The summed E-state index contributed by atoms with van der Waals surface area (Å²) in [5, 5.41) is 1.28. The molecular weight excluding hydrogens is 516 g/mol. The van der Waals surface area contributed by atoms with Crippen LogP contribution in [0.25, 0.3) is 0 Å². The van der Waals surface area contributed by atoms with Crippen LogP contribution in [0.2, 0.25) is 5.02 Å². The zero-order valence-corrected chi connectivity index (χ0v) is 18.7. The molecule has 15 heteroatoms. The Hall–Kier alpha value is -2.87. The van der Waals surface area contributed by atoms with E-state index < -0.39 is 72.5 Å². The summed E-state index contributed by atoms with van der Waals surface area (Å²) < 4.78 is 111. The number of carbonyl (C=O) groups is 1. The SMILES string of the molecule is CC1(C(F)(F)F)N=C(c2ncccc2S(C)(=O)=O)NC(=O)C1Oc1ccc(Cl)c(C(F)(F)F)c1. The van der Waals surface area contributed by atoms with Crippen LogP contribution in [0.4, 0.5) is 26.3 Å². The molecule has 0 saturated heterocycles. The third-order valence-electron chi connectivity index (χ3n) is 4.80. The Morgan fingerprint density at radius 1 is 1.15 bits per heavy atom. The summed E-state index contributed by atoms with van der Waals surface area (Å²) in [6.07, 6.45) is -10.8. The largest absolute Gasteiger partial charge is 0.478 e. The van der Waals surface area contributed by atoms with E-state index in [1.807, 2.05) is 5.32 Å². The van der Waals surface area contributed by atoms with Crippen molar-refractivity contribution in [3.05, 3.63) is 52.8 Å². The van der Waals surface area contributed by atoms with Gasteiger partial charge in [-0.15, -0.1) is 0 Å². The number of benzene rings is 1. The number of nitrogens with one attached hydrogen (secondary N) is 1. The highest BCUT2D eigenvalue weighted by atomic mass is 35.5. The van der Waals surface area contributed by atoms with Gasteiger partial charge in [0.1, 0.15) is 11.4 Å². The van der Waals surface area contributed by atoms with Crippen molar-refractivity contribution in [3.63, 3.8) is 0 Å². The van der Waals surface area contributed by atoms with Gasteiger partial charge in [-0.1, -0.05) is 11.6 Å². The van der Waals surface area contributed by atoms with Crippen molar-refractivity contribution < 1.29 is 44.3 Å². The van der Waals surface area contributed by atoms with Crippen LogP contribution in [0.5, 0.6) is 5.75 Å². The minimum atomic E-state index is -5.25. The second-order valence-corrected chi connectivity index (χ2v) is 9.75. The molecule has 1 amide bonds. The summed E-state index contributed by atoms with van der Waals surface area (Å²) >= 11 is 5.51. The van der Waals surface area contributed by atoms with Crippen molar-refractivity contribution in [1.29, 1.82) is 0 Å². The number of aromatic nitrogens is 1. The van der Waals surface area contributed by atoms with Crippen LogP contribution in [0.3, 0.4) is 0 Å². The van der Waals surface area contributed by atoms with Crippen molar-refractivity contribution in [3.8, 4) is 5.75 Å². The molecule has 2 atom stereocenters. The molecule has 0 fully saturated rings. The fraction of sp³-hybridized carbons (Fsp3) is 0.316. The van der Waals surface area contributed by atoms with Gasteiger partial charge in [-0.3, -0.25) is 9.78 Å². The monoisotopic (exact) mass is 529 g/mol. The van der Waals surface area contributed by atoms with E-state index >= 15 is 0 Å². The number of hydrogen-bond donors (Lipinski definition) is 1. The van der Waals surface area contributed by atoms with Gasteiger partial charge in [-0.05, 0) is 37.3 Å². The number of halogens is 7. The molecule has 2 heterocycles. The van der Waals surface area contributed by atoms with Gasteiger partial charge >= 0.3 is 12.4 Å². The molecule has 2 unspecified atom stereocenters. The van der Waals surface area contributed by atoms with Gasteiger partial charge in [-0.25, -0.2) is 13.4 Å². The van der Waals surface area contributed by atoms with Gasteiger partial charge in [0.15, 0.2) is 15.7 Å². The Labute approximate surface area is 193 Å². The topological polar surface area (TPSA) is 97.7 Å². The van der Waals surface area contributed by atoms with Crippen molar-refractivity contribution in [2.75, 3.05) is 6.26 Å². The Kier molecular flexibility index (Phi) is 6.37. The molecule has 34 heavy (non-hydrogen) atoms. The minimum absolute atomic E-state index is 0.353. The molecule has 1 N–H and O–H groups in total. The summed E-state index contributed by atoms with van der Waals surface area (Å²) in [4.78, 5) is 19.5. The summed E-state index contributed by atoms with van der Waals surface area (Å²) in [7, 11) is -3.98. The third kappa shape index (κ3) is 4.82. The van der Waals surface area contributed by atoms with E-state index in [-0.39, 0.29) is 0 Å². The second kappa shape index (κ2) is 8.41. The molecule has 0 spiro atoms. The quantitative estimate of drug-likeness (QED) is 0.608. The van der Waals surface area contributed by atoms with Gasteiger partial charge in [-0.2, -0.15) is 26.3 Å². The van der Waals surface area contributed by atoms with Crippen LogP contribution in [-0.4, -0.2) is 49.2 Å². The molecular formula is C19H14ClF6N3O4S. The maximum absolute atomic E-state index is 14.1. The van der Waals surface area contributed by atoms with Gasteiger partial charge in [0.2, 0.25) is 11.6 Å². The molecule has 1 aliphatic rings. The lowest BCUT2D eigenvalue weighted by atomic mass is 9.91. The first-order valence-corrected chi connectivity index (χ1v) is 11.4. The Morgan fingerprint density at radius 2 is 1.79 bits per heavy atom. The number of rotatable bonds is 4. The molecule has 0 saturated carbocycles. The van der Waals surface area contributed by atoms with Crippen LogP contribution in [0.1, 0.15) is 18.2 Å². The van der Waals surface area contributed by atoms with E-state index in [2.05, 4.69) is 9.98 Å². The van der Waals surface area contributed by atoms with Gasteiger partial charge in [0, 0.05) is 12.5 Å². The molecule has 184 valence electrons. The number of carbonyl (C=O) groups excluding carboxylic acids is 1. The zero-order valence-electron chi connectivity index (χ0n) is 17.1. The van der Waals surface area contributed by atoms with Crippen molar-refractivity contribution in [2.24, 2.45) is 4.99 Å². The van der Waals surface area contributed by atoms with E-state index in [9.17, 15) is 39.6 Å². The van der Waals surface area contributed by atoms with Gasteiger partial charge in [0.25, 0.3) is 5.91 Å². The molecule has 0 bridgehead atoms. The summed E-state index contributed by atoms with van der Waals surface area (Å²) in [6, 6.07) is 4.25. The number of sulfone groups is 1. The predicted octanol–water partition coefficient (Wildman–Crippen LogP) is 3.80. The van der Waals surface area contributed by atoms with E-state index in [1.54, 1.807) is 0 Å². The first-order valence-electron chi connectivity index (χ1n) is 9.11. The highest BCUT2D eigenvalue weighted by Gasteiger charge is 2.62. The lowest BCUT2D eigenvalue weighted by molar-refractivity contribution is -0.204. The predicted molar refractivity (Wildman–Crippen MR) is 107 cm³/mol. The van der Waals surface area contributed by atoms with Crippen molar-refractivity contribution >= 4 is 33.2 Å². The van der Waals surface area contributed by atoms with E-state index in [4.69, 9.17) is 16.3 Å². The summed E-state index contributed by atoms with van der Waals surface area (Å²) in [5.41, 5.74) is -5.25. The van der Waals surface area contributed by atoms with Crippen molar-refractivity contribution in [1.82, 2.24) is 10.3 Å².